The largest absolute Gasteiger partial charge is 0.251 e. The number of halogens is 2. The van der Waals surface area contributed by atoms with Crippen LogP contribution in [0.4, 0.5) is 8.78 Å². The van der Waals surface area contributed by atoms with E-state index in [-0.39, 0.29) is 5.75 Å². The molecule has 1 aromatic carbocycles. The van der Waals surface area contributed by atoms with E-state index in [0.717, 1.165) is 0 Å². The molecule has 0 atom stereocenters. The molecule has 0 aliphatic carbocycles. The van der Waals surface area contributed by atoms with Crippen molar-refractivity contribution in [3.8, 4) is 6.07 Å². The molecule has 0 aliphatic heterocycles. The molecule has 1 N–H and O–H groups in total. The Labute approximate surface area is 97.9 Å². The maximum absolute atomic E-state index is 11.8. The standard InChI is InChI=1S/C10H10F2N2O2S/c11-10(12)6-14-17(15,16)7-9-3-1-8(5-13)2-4-9/h1-4,10,14H,6-7H2. The lowest BCUT2D eigenvalue weighted by Gasteiger charge is -2.06. The highest BCUT2D eigenvalue weighted by molar-refractivity contribution is 7.88. The van der Waals surface area contributed by atoms with E-state index in [1.807, 2.05) is 6.07 Å². The Morgan fingerprint density at radius 3 is 2.35 bits per heavy atom. The normalized spacial score (nSPS) is 11.4. The molecule has 0 heterocycles. The minimum absolute atomic E-state index is 0.384. The van der Waals surface area contributed by atoms with Crippen molar-refractivity contribution >= 4 is 10.0 Å². The monoisotopic (exact) mass is 260 g/mol. The third-order valence-electron chi connectivity index (χ3n) is 1.90. The van der Waals surface area contributed by atoms with Gasteiger partial charge in [-0.3, -0.25) is 0 Å². The Kier molecular flexibility index (Phi) is 4.54. The zero-order valence-electron chi connectivity index (χ0n) is 8.73. The minimum Gasteiger partial charge on any atom is -0.212 e. The van der Waals surface area contributed by atoms with Crippen LogP contribution in [0.15, 0.2) is 24.3 Å². The zero-order valence-corrected chi connectivity index (χ0v) is 9.55. The number of rotatable bonds is 5. The van der Waals surface area contributed by atoms with Gasteiger partial charge in [-0.2, -0.15) is 5.26 Å². The Morgan fingerprint density at radius 2 is 1.88 bits per heavy atom. The van der Waals surface area contributed by atoms with Crippen molar-refractivity contribution in [2.75, 3.05) is 6.54 Å². The Bertz CT molecular complexity index is 506. The summed E-state index contributed by atoms with van der Waals surface area (Å²) in [6.07, 6.45) is -2.72. The van der Waals surface area contributed by atoms with Crippen LogP contribution in [0.1, 0.15) is 11.1 Å². The van der Waals surface area contributed by atoms with Crippen molar-refractivity contribution < 1.29 is 17.2 Å². The fraction of sp³-hybridized carbons (Fsp3) is 0.300. The summed E-state index contributed by atoms with van der Waals surface area (Å²) in [4.78, 5) is 0. The second-order valence-electron chi connectivity index (χ2n) is 3.31. The van der Waals surface area contributed by atoms with Crippen LogP contribution < -0.4 is 4.72 Å². The number of nitriles is 1. The molecule has 0 radical (unpaired) electrons. The molecular formula is C10H10F2N2O2S. The molecule has 92 valence electrons. The van der Waals surface area contributed by atoms with Gasteiger partial charge in [0.25, 0.3) is 6.43 Å². The first-order valence-corrected chi connectivity index (χ1v) is 6.33. The summed E-state index contributed by atoms with van der Waals surface area (Å²) in [6.45, 7) is -0.890. The summed E-state index contributed by atoms with van der Waals surface area (Å²) >= 11 is 0. The average molecular weight is 260 g/mol. The molecule has 4 nitrogen and oxygen atoms in total. The summed E-state index contributed by atoms with van der Waals surface area (Å²) in [5.74, 6) is -0.384. The maximum Gasteiger partial charge on any atom is 0.251 e. The molecule has 17 heavy (non-hydrogen) atoms. The Hall–Kier alpha value is -1.52. The van der Waals surface area contributed by atoms with Gasteiger partial charge in [0.2, 0.25) is 10.0 Å². The highest BCUT2D eigenvalue weighted by Gasteiger charge is 2.13. The van der Waals surface area contributed by atoms with E-state index in [9.17, 15) is 17.2 Å². The highest BCUT2D eigenvalue weighted by atomic mass is 32.2. The van der Waals surface area contributed by atoms with E-state index in [1.165, 1.54) is 24.3 Å². The third kappa shape index (κ3) is 4.89. The van der Waals surface area contributed by atoms with E-state index < -0.39 is 23.0 Å². The number of nitrogens with one attached hydrogen (secondary N) is 1. The quantitative estimate of drug-likeness (QED) is 0.866. The summed E-state index contributed by atoms with van der Waals surface area (Å²) in [7, 11) is -3.76. The van der Waals surface area contributed by atoms with Gasteiger partial charge >= 0.3 is 0 Å². The van der Waals surface area contributed by atoms with Crippen molar-refractivity contribution in [1.82, 2.24) is 4.72 Å². The van der Waals surface area contributed by atoms with Crippen LogP contribution in [-0.4, -0.2) is 21.4 Å². The van der Waals surface area contributed by atoms with Gasteiger partial charge in [0.1, 0.15) is 0 Å². The van der Waals surface area contributed by atoms with Gasteiger partial charge in [-0.25, -0.2) is 21.9 Å². The molecular weight excluding hydrogens is 250 g/mol. The summed E-state index contributed by atoms with van der Waals surface area (Å²) in [6, 6.07) is 7.78. The second-order valence-corrected chi connectivity index (χ2v) is 5.11. The molecule has 0 aliphatic rings. The molecule has 0 saturated carbocycles. The van der Waals surface area contributed by atoms with Crippen molar-refractivity contribution in [3.63, 3.8) is 0 Å². The van der Waals surface area contributed by atoms with Gasteiger partial charge in [-0.15, -0.1) is 0 Å². The summed E-state index contributed by atoms with van der Waals surface area (Å²) < 4.78 is 48.2. The van der Waals surface area contributed by atoms with Gasteiger partial charge in [-0.1, -0.05) is 12.1 Å². The van der Waals surface area contributed by atoms with Gasteiger partial charge in [0.05, 0.1) is 23.9 Å². The minimum atomic E-state index is -3.76. The van der Waals surface area contributed by atoms with Gasteiger partial charge in [0.15, 0.2) is 0 Å². The Balaban J connectivity index is 2.67. The first-order chi connectivity index (χ1) is 7.93. The van der Waals surface area contributed by atoms with Gasteiger partial charge in [-0.05, 0) is 17.7 Å². The van der Waals surface area contributed by atoms with E-state index >= 15 is 0 Å². The maximum atomic E-state index is 11.8. The number of nitrogens with zero attached hydrogens (tertiary/aromatic N) is 1. The average Bonchev–Trinajstić information content (AvgIpc) is 2.27. The molecule has 0 unspecified atom stereocenters. The van der Waals surface area contributed by atoms with Crippen molar-refractivity contribution in [1.29, 1.82) is 5.26 Å². The number of hydrogen-bond donors (Lipinski definition) is 1. The SMILES string of the molecule is N#Cc1ccc(CS(=O)(=O)NCC(F)F)cc1. The highest BCUT2D eigenvalue weighted by Crippen LogP contribution is 2.07. The van der Waals surface area contributed by atoms with Crippen LogP contribution in [-0.2, 0) is 15.8 Å². The number of alkyl halides is 2. The van der Waals surface area contributed by atoms with Gasteiger partial charge < -0.3 is 0 Å². The summed E-state index contributed by atoms with van der Waals surface area (Å²) in [5.41, 5.74) is 0.845. The zero-order chi connectivity index (χ0) is 12.9. The topological polar surface area (TPSA) is 70.0 Å². The van der Waals surface area contributed by atoms with Crippen molar-refractivity contribution in [2.24, 2.45) is 0 Å². The van der Waals surface area contributed by atoms with Crippen LogP contribution in [0.5, 0.6) is 0 Å². The lowest BCUT2D eigenvalue weighted by molar-refractivity contribution is 0.153. The van der Waals surface area contributed by atoms with Crippen LogP contribution >= 0.6 is 0 Å². The van der Waals surface area contributed by atoms with Crippen LogP contribution in [0.25, 0.3) is 0 Å². The van der Waals surface area contributed by atoms with Crippen molar-refractivity contribution in [3.05, 3.63) is 35.4 Å². The van der Waals surface area contributed by atoms with Crippen LogP contribution in [0.3, 0.4) is 0 Å². The molecule has 0 saturated heterocycles. The molecule has 7 heteroatoms. The molecule has 0 bridgehead atoms. The lowest BCUT2D eigenvalue weighted by Crippen LogP contribution is -2.29. The predicted octanol–water partition coefficient (Wildman–Crippen LogP) is 1.24. The lowest BCUT2D eigenvalue weighted by atomic mass is 10.2. The summed E-state index contributed by atoms with van der Waals surface area (Å²) in [5, 5.41) is 8.54. The number of sulfonamides is 1. The van der Waals surface area contributed by atoms with E-state index in [2.05, 4.69) is 0 Å². The molecule has 1 rings (SSSR count). The molecule has 0 spiro atoms. The first-order valence-electron chi connectivity index (χ1n) is 4.67. The molecule has 0 fully saturated rings. The van der Waals surface area contributed by atoms with Crippen LogP contribution in [0, 0.1) is 11.3 Å². The fourth-order valence-electron chi connectivity index (χ4n) is 1.14. The first kappa shape index (κ1) is 13.5. The van der Waals surface area contributed by atoms with E-state index in [1.54, 1.807) is 4.72 Å². The van der Waals surface area contributed by atoms with Crippen molar-refractivity contribution in [2.45, 2.75) is 12.2 Å². The van der Waals surface area contributed by atoms with Crippen LogP contribution in [0.2, 0.25) is 0 Å². The third-order valence-corrected chi connectivity index (χ3v) is 3.22. The Morgan fingerprint density at radius 1 is 1.29 bits per heavy atom. The fourth-order valence-corrected chi connectivity index (χ4v) is 2.25. The second kappa shape index (κ2) is 5.70. The number of benzene rings is 1. The van der Waals surface area contributed by atoms with E-state index in [4.69, 9.17) is 5.26 Å². The predicted molar refractivity (Wildman–Crippen MR) is 57.8 cm³/mol. The smallest absolute Gasteiger partial charge is 0.212 e. The number of hydrogen-bond acceptors (Lipinski definition) is 3. The molecule has 1 aromatic rings. The van der Waals surface area contributed by atoms with E-state index in [0.29, 0.717) is 11.1 Å². The molecule has 0 aromatic heterocycles. The van der Waals surface area contributed by atoms with Gasteiger partial charge in [0, 0.05) is 0 Å². The molecule has 0 amide bonds.